The molecule has 0 saturated carbocycles. The molecule has 178 valence electrons. The predicted molar refractivity (Wildman–Crippen MR) is 141 cm³/mol. The van der Waals surface area contributed by atoms with Crippen molar-refractivity contribution >= 4 is 28.9 Å². The van der Waals surface area contributed by atoms with Crippen molar-refractivity contribution in [1.82, 2.24) is 0 Å². The first-order valence-corrected chi connectivity index (χ1v) is 12.0. The molecule has 35 heavy (non-hydrogen) atoms. The Morgan fingerprint density at radius 3 is 1.37 bits per heavy atom. The average molecular weight is 506 g/mol. The first-order chi connectivity index (χ1) is 17.1. The Bertz CT molecular complexity index is 1170. The van der Waals surface area contributed by atoms with Crippen LogP contribution in [0.15, 0.2) is 102 Å². The quantitative estimate of drug-likeness (QED) is 0.136. The van der Waals surface area contributed by atoms with Crippen LogP contribution in [0.4, 0.5) is 0 Å². The van der Waals surface area contributed by atoms with Crippen molar-refractivity contribution in [2.45, 2.75) is 26.1 Å². The average Bonchev–Trinajstić information content (AvgIpc) is 2.89. The van der Waals surface area contributed by atoms with Crippen molar-refractivity contribution in [2.75, 3.05) is 0 Å². The van der Waals surface area contributed by atoms with Gasteiger partial charge in [-0.05, 0) is 47.5 Å². The maximum Gasteiger partial charge on any atom is 0.119 e. The lowest BCUT2D eigenvalue weighted by atomic mass is 10.0. The molecular weight excluding hydrogens is 481 g/mol. The Morgan fingerprint density at radius 2 is 1.00 bits per heavy atom. The minimum atomic E-state index is 0.403. The molecule has 0 amide bonds. The Morgan fingerprint density at radius 1 is 0.600 bits per heavy atom. The SMILES string of the molecule is ON=C(Cc1ccc(OCc2ccccc2Cl)cc1)Cc1ccc(OCc2ccccc2Cl)cc1. The van der Waals surface area contributed by atoms with Gasteiger partial charge in [0.2, 0.25) is 0 Å². The van der Waals surface area contributed by atoms with E-state index in [0.717, 1.165) is 33.8 Å². The third kappa shape index (κ3) is 7.25. The summed E-state index contributed by atoms with van der Waals surface area (Å²) >= 11 is 12.4. The standard InChI is InChI=1S/C29H25Cl2NO3/c30-28-7-3-1-5-23(28)19-34-26-13-9-21(10-14-26)17-25(32-33)18-22-11-15-27(16-12-22)35-20-24-6-2-4-8-29(24)31/h1-16,33H,17-20H2. The Labute approximate surface area is 215 Å². The highest BCUT2D eigenvalue weighted by Gasteiger charge is 2.07. The third-order valence-electron chi connectivity index (χ3n) is 5.51. The lowest BCUT2D eigenvalue weighted by Gasteiger charge is -2.10. The number of benzene rings is 4. The van der Waals surface area contributed by atoms with Gasteiger partial charge in [-0.25, -0.2) is 0 Å². The van der Waals surface area contributed by atoms with Gasteiger partial charge in [0.25, 0.3) is 0 Å². The molecule has 4 nitrogen and oxygen atoms in total. The predicted octanol–water partition coefficient (Wildman–Crippen LogP) is 7.77. The van der Waals surface area contributed by atoms with Gasteiger partial charge in [0.15, 0.2) is 0 Å². The zero-order chi connectivity index (χ0) is 24.5. The molecule has 0 fully saturated rings. The summed E-state index contributed by atoms with van der Waals surface area (Å²) in [7, 11) is 0. The van der Waals surface area contributed by atoms with Gasteiger partial charge in [0.1, 0.15) is 24.7 Å². The first-order valence-electron chi connectivity index (χ1n) is 11.2. The van der Waals surface area contributed by atoms with Crippen molar-refractivity contribution in [2.24, 2.45) is 5.16 Å². The van der Waals surface area contributed by atoms with Gasteiger partial charge in [0, 0.05) is 34.0 Å². The molecular formula is C29H25Cl2NO3. The van der Waals surface area contributed by atoms with E-state index in [0.29, 0.717) is 41.8 Å². The highest BCUT2D eigenvalue weighted by Crippen LogP contribution is 2.21. The van der Waals surface area contributed by atoms with E-state index in [1.54, 1.807) is 0 Å². The fraction of sp³-hybridized carbons (Fsp3) is 0.138. The summed E-state index contributed by atoms with van der Waals surface area (Å²) < 4.78 is 11.7. The van der Waals surface area contributed by atoms with Crippen LogP contribution in [0.25, 0.3) is 0 Å². The van der Waals surface area contributed by atoms with Crippen LogP contribution in [0, 0.1) is 0 Å². The van der Waals surface area contributed by atoms with Gasteiger partial charge < -0.3 is 14.7 Å². The molecule has 0 aliphatic carbocycles. The van der Waals surface area contributed by atoms with Crippen LogP contribution in [-0.2, 0) is 26.1 Å². The smallest absolute Gasteiger partial charge is 0.119 e. The minimum Gasteiger partial charge on any atom is -0.489 e. The number of ether oxygens (including phenoxy) is 2. The van der Waals surface area contributed by atoms with Crippen molar-refractivity contribution in [3.05, 3.63) is 129 Å². The van der Waals surface area contributed by atoms with Crippen molar-refractivity contribution in [1.29, 1.82) is 0 Å². The van der Waals surface area contributed by atoms with E-state index in [2.05, 4.69) is 5.16 Å². The van der Waals surface area contributed by atoms with Gasteiger partial charge in [0.05, 0.1) is 5.71 Å². The molecule has 4 rings (SSSR count). The lowest BCUT2D eigenvalue weighted by molar-refractivity contribution is 0.306. The van der Waals surface area contributed by atoms with Crippen molar-refractivity contribution in [3.8, 4) is 11.5 Å². The summed E-state index contributed by atoms with van der Waals surface area (Å²) in [5.74, 6) is 1.51. The first kappa shape index (κ1) is 24.6. The molecule has 0 saturated heterocycles. The molecule has 0 spiro atoms. The van der Waals surface area contributed by atoms with Crippen LogP contribution in [0.3, 0.4) is 0 Å². The van der Waals surface area contributed by atoms with Crippen LogP contribution < -0.4 is 9.47 Å². The lowest BCUT2D eigenvalue weighted by Crippen LogP contribution is -2.07. The maximum atomic E-state index is 9.54. The van der Waals surface area contributed by atoms with Gasteiger partial charge in [-0.2, -0.15) is 0 Å². The fourth-order valence-electron chi connectivity index (χ4n) is 3.56. The monoisotopic (exact) mass is 505 g/mol. The molecule has 0 heterocycles. The van der Waals surface area contributed by atoms with E-state index in [-0.39, 0.29) is 0 Å². The number of hydrogen-bond donors (Lipinski definition) is 1. The van der Waals surface area contributed by atoms with Crippen LogP contribution in [-0.4, -0.2) is 10.9 Å². The summed E-state index contributed by atoms with van der Waals surface area (Å²) in [5.41, 5.74) is 4.60. The van der Waals surface area contributed by atoms with Crippen LogP contribution in [0.5, 0.6) is 11.5 Å². The van der Waals surface area contributed by atoms with Crippen molar-refractivity contribution < 1.29 is 14.7 Å². The van der Waals surface area contributed by atoms with E-state index >= 15 is 0 Å². The molecule has 0 radical (unpaired) electrons. The van der Waals surface area contributed by atoms with Gasteiger partial charge >= 0.3 is 0 Å². The molecule has 0 bridgehead atoms. The summed E-state index contributed by atoms with van der Waals surface area (Å²) in [6.45, 7) is 0.806. The molecule has 0 aromatic heterocycles. The second-order valence-corrected chi connectivity index (χ2v) is 8.88. The Balaban J connectivity index is 1.28. The van der Waals surface area contributed by atoms with E-state index in [1.165, 1.54) is 0 Å². The molecule has 4 aromatic carbocycles. The normalized spacial score (nSPS) is 10.6. The second kappa shape index (κ2) is 12.3. The molecule has 0 aliphatic rings. The van der Waals surface area contributed by atoms with E-state index in [4.69, 9.17) is 32.7 Å². The molecule has 0 atom stereocenters. The fourth-order valence-corrected chi connectivity index (χ4v) is 3.95. The number of rotatable bonds is 10. The Hall–Kier alpha value is -3.47. The largest absolute Gasteiger partial charge is 0.489 e. The van der Waals surface area contributed by atoms with Crippen molar-refractivity contribution in [3.63, 3.8) is 0 Å². The van der Waals surface area contributed by atoms with Gasteiger partial charge in [-0.1, -0.05) is 89.0 Å². The molecule has 6 heteroatoms. The highest BCUT2D eigenvalue weighted by molar-refractivity contribution is 6.31. The van der Waals surface area contributed by atoms with Crippen LogP contribution >= 0.6 is 23.2 Å². The minimum absolute atomic E-state index is 0.403. The van der Waals surface area contributed by atoms with E-state index < -0.39 is 0 Å². The Kier molecular flexibility index (Phi) is 8.66. The highest BCUT2D eigenvalue weighted by atomic mass is 35.5. The second-order valence-electron chi connectivity index (χ2n) is 8.07. The van der Waals surface area contributed by atoms with Crippen LogP contribution in [0.1, 0.15) is 22.3 Å². The molecule has 1 N–H and O–H groups in total. The summed E-state index contributed by atoms with van der Waals surface area (Å²) in [6, 6.07) is 30.8. The van der Waals surface area contributed by atoms with Crippen LogP contribution in [0.2, 0.25) is 10.0 Å². The third-order valence-corrected chi connectivity index (χ3v) is 6.25. The van der Waals surface area contributed by atoms with Gasteiger partial charge in [-0.3, -0.25) is 0 Å². The van der Waals surface area contributed by atoms with Gasteiger partial charge in [-0.15, -0.1) is 0 Å². The molecule has 0 unspecified atom stereocenters. The van der Waals surface area contributed by atoms with E-state index in [9.17, 15) is 5.21 Å². The van der Waals surface area contributed by atoms with E-state index in [1.807, 2.05) is 97.1 Å². The number of hydrogen-bond acceptors (Lipinski definition) is 4. The number of nitrogens with zero attached hydrogens (tertiary/aromatic N) is 1. The number of halogens is 2. The zero-order valence-corrected chi connectivity index (χ0v) is 20.5. The zero-order valence-electron chi connectivity index (χ0n) is 19.0. The summed E-state index contributed by atoms with van der Waals surface area (Å²) in [4.78, 5) is 0. The summed E-state index contributed by atoms with van der Waals surface area (Å²) in [5, 5.41) is 14.4. The topological polar surface area (TPSA) is 51.1 Å². The number of oxime groups is 1. The summed E-state index contributed by atoms with van der Waals surface area (Å²) in [6.07, 6.45) is 1.07. The maximum absolute atomic E-state index is 9.54. The molecule has 0 aliphatic heterocycles. The molecule has 4 aromatic rings.